The Morgan fingerprint density at radius 2 is 2.15 bits per heavy atom. The standard InChI is InChI=1S/C17H27NO2/c19-12-4-3-5-14-13-17(8-10-18-11-9-17)20-16-7-2-1-6-15(14)16/h1,6,14,18-19H,2-5,7-13H2. The summed E-state index contributed by atoms with van der Waals surface area (Å²) in [6.45, 7) is 2.49. The summed E-state index contributed by atoms with van der Waals surface area (Å²) in [5.74, 6) is 1.91. The maximum atomic E-state index is 9.01. The molecule has 3 rings (SSSR count). The van der Waals surface area contributed by atoms with Gasteiger partial charge < -0.3 is 15.2 Å². The van der Waals surface area contributed by atoms with Crippen molar-refractivity contribution in [1.82, 2.24) is 5.32 Å². The van der Waals surface area contributed by atoms with E-state index in [0.717, 1.165) is 51.6 Å². The quantitative estimate of drug-likeness (QED) is 0.776. The molecule has 3 nitrogen and oxygen atoms in total. The van der Waals surface area contributed by atoms with Crippen LogP contribution in [0.2, 0.25) is 0 Å². The van der Waals surface area contributed by atoms with Crippen molar-refractivity contribution >= 4 is 0 Å². The molecule has 2 heterocycles. The SMILES string of the molecule is OCCCCC1CC2(CCNCC2)OC2=C1C=CCC2. The van der Waals surface area contributed by atoms with E-state index in [1.54, 1.807) is 0 Å². The normalized spacial score (nSPS) is 28.4. The summed E-state index contributed by atoms with van der Waals surface area (Å²) in [5.41, 5.74) is 1.55. The number of unbranched alkanes of at least 4 members (excludes halogenated alkanes) is 1. The summed E-state index contributed by atoms with van der Waals surface area (Å²) in [6.07, 6.45) is 13.5. The molecule has 0 amide bonds. The highest BCUT2D eigenvalue weighted by Crippen LogP contribution is 2.45. The van der Waals surface area contributed by atoms with Gasteiger partial charge in [-0.25, -0.2) is 0 Å². The lowest BCUT2D eigenvalue weighted by molar-refractivity contribution is -0.0587. The van der Waals surface area contributed by atoms with Crippen LogP contribution in [0.25, 0.3) is 0 Å². The van der Waals surface area contributed by atoms with E-state index in [4.69, 9.17) is 9.84 Å². The van der Waals surface area contributed by atoms with Gasteiger partial charge >= 0.3 is 0 Å². The Kier molecular flexibility index (Phi) is 4.47. The van der Waals surface area contributed by atoms with Crippen LogP contribution in [0, 0.1) is 5.92 Å². The molecule has 3 aliphatic rings. The van der Waals surface area contributed by atoms with E-state index in [1.807, 2.05) is 0 Å². The van der Waals surface area contributed by atoms with Crippen molar-refractivity contribution in [3.8, 4) is 0 Å². The summed E-state index contributed by atoms with van der Waals surface area (Å²) in [4.78, 5) is 0. The Hall–Kier alpha value is -0.800. The summed E-state index contributed by atoms with van der Waals surface area (Å²) in [6, 6.07) is 0. The molecule has 2 aliphatic heterocycles. The topological polar surface area (TPSA) is 41.5 Å². The van der Waals surface area contributed by atoms with E-state index < -0.39 is 0 Å². The van der Waals surface area contributed by atoms with E-state index >= 15 is 0 Å². The third-order valence-electron chi connectivity index (χ3n) is 5.03. The smallest absolute Gasteiger partial charge is 0.112 e. The van der Waals surface area contributed by atoms with Gasteiger partial charge in [0.1, 0.15) is 11.4 Å². The number of nitrogens with one attached hydrogen (secondary N) is 1. The lowest BCUT2D eigenvalue weighted by Crippen LogP contribution is -2.47. The molecular weight excluding hydrogens is 250 g/mol. The molecule has 1 saturated heterocycles. The summed E-state index contributed by atoms with van der Waals surface area (Å²) in [7, 11) is 0. The van der Waals surface area contributed by atoms with Crippen LogP contribution in [0.5, 0.6) is 0 Å². The van der Waals surface area contributed by atoms with Gasteiger partial charge in [0.25, 0.3) is 0 Å². The number of piperidine rings is 1. The van der Waals surface area contributed by atoms with Crippen LogP contribution in [0.3, 0.4) is 0 Å². The Morgan fingerprint density at radius 1 is 1.30 bits per heavy atom. The zero-order valence-electron chi connectivity index (χ0n) is 12.4. The van der Waals surface area contributed by atoms with Crippen molar-refractivity contribution in [2.75, 3.05) is 19.7 Å². The summed E-state index contributed by atoms with van der Waals surface area (Å²) >= 11 is 0. The van der Waals surface area contributed by atoms with Gasteiger partial charge in [0, 0.05) is 13.0 Å². The number of hydrogen-bond donors (Lipinski definition) is 2. The average molecular weight is 277 g/mol. The zero-order chi connectivity index (χ0) is 13.8. The number of allylic oxidation sites excluding steroid dienone is 4. The van der Waals surface area contributed by atoms with Crippen LogP contribution in [-0.4, -0.2) is 30.4 Å². The number of ether oxygens (including phenoxy) is 1. The van der Waals surface area contributed by atoms with Gasteiger partial charge in [-0.3, -0.25) is 0 Å². The van der Waals surface area contributed by atoms with Gasteiger partial charge in [0.15, 0.2) is 0 Å². The maximum Gasteiger partial charge on any atom is 0.112 e. The molecule has 1 spiro atoms. The minimum Gasteiger partial charge on any atom is -0.491 e. The maximum absolute atomic E-state index is 9.01. The van der Waals surface area contributed by atoms with E-state index in [-0.39, 0.29) is 5.60 Å². The molecule has 3 heteroatoms. The van der Waals surface area contributed by atoms with Crippen LogP contribution in [-0.2, 0) is 4.74 Å². The van der Waals surface area contributed by atoms with Crippen LogP contribution in [0.4, 0.5) is 0 Å². The molecule has 0 bridgehead atoms. The predicted octanol–water partition coefficient (Wildman–Crippen LogP) is 2.91. The molecule has 0 radical (unpaired) electrons. The van der Waals surface area contributed by atoms with E-state index in [1.165, 1.54) is 24.2 Å². The lowest BCUT2D eigenvalue weighted by atomic mass is 9.74. The highest BCUT2D eigenvalue weighted by molar-refractivity contribution is 5.31. The largest absolute Gasteiger partial charge is 0.491 e. The molecule has 1 fully saturated rings. The average Bonchev–Trinajstić information content (AvgIpc) is 2.48. The van der Waals surface area contributed by atoms with Crippen LogP contribution in [0.15, 0.2) is 23.5 Å². The second kappa shape index (κ2) is 6.31. The fraction of sp³-hybridized carbons (Fsp3) is 0.765. The number of hydrogen-bond acceptors (Lipinski definition) is 3. The third-order valence-corrected chi connectivity index (χ3v) is 5.03. The predicted molar refractivity (Wildman–Crippen MR) is 80.4 cm³/mol. The first-order chi connectivity index (χ1) is 9.83. The van der Waals surface area contributed by atoms with Gasteiger partial charge in [0.2, 0.25) is 0 Å². The molecule has 0 saturated carbocycles. The Balaban J connectivity index is 1.76. The van der Waals surface area contributed by atoms with E-state index in [0.29, 0.717) is 12.5 Å². The Morgan fingerprint density at radius 3 is 2.95 bits per heavy atom. The van der Waals surface area contributed by atoms with Crippen molar-refractivity contribution in [2.24, 2.45) is 5.92 Å². The third kappa shape index (κ3) is 2.94. The Labute approximate surface area is 122 Å². The zero-order valence-corrected chi connectivity index (χ0v) is 12.4. The molecule has 2 N–H and O–H groups in total. The summed E-state index contributed by atoms with van der Waals surface area (Å²) < 4.78 is 6.49. The number of aliphatic hydroxyl groups excluding tert-OH is 1. The van der Waals surface area contributed by atoms with Gasteiger partial charge in [-0.05, 0) is 63.1 Å². The second-order valence-electron chi connectivity index (χ2n) is 6.48. The first kappa shape index (κ1) is 14.2. The molecule has 112 valence electrons. The van der Waals surface area contributed by atoms with Gasteiger partial charge in [-0.15, -0.1) is 0 Å². The van der Waals surface area contributed by atoms with Crippen LogP contribution >= 0.6 is 0 Å². The molecule has 20 heavy (non-hydrogen) atoms. The molecular formula is C17H27NO2. The second-order valence-corrected chi connectivity index (χ2v) is 6.48. The lowest BCUT2D eigenvalue weighted by Gasteiger charge is -2.46. The highest BCUT2D eigenvalue weighted by Gasteiger charge is 2.42. The van der Waals surface area contributed by atoms with Crippen molar-refractivity contribution < 1.29 is 9.84 Å². The van der Waals surface area contributed by atoms with Gasteiger partial charge in [-0.1, -0.05) is 18.6 Å². The van der Waals surface area contributed by atoms with Gasteiger partial charge in [-0.2, -0.15) is 0 Å². The van der Waals surface area contributed by atoms with Crippen molar-refractivity contribution in [3.05, 3.63) is 23.5 Å². The first-order valence-electron chi connectivity index (χ1n) is 8.23. The minimum absolute atomic E-state index is 0.0964. The van der Waals surface area contributed by atoms with Gasteiger partial charge in [0.05, 0.1) is 0 Å². The van der Waals surface area contributed by atoms with Crippen molar-refractivity contribution in [2.45, 2.75) is 57.0 Å². The molecule has 0 aromatic carbocycles. The number of rotatable bonds is 4. The summed E-state index contributed by atoms with van der Waals surface area (Å²) in [5, 5.41) is 12.5. The monoisotopic (exact) mass is 277 g/mol. The van der Waals surface area contributed by atoms with Crippen molar-refractivity contribution in [3.63, 3.8) is 0 Å². The first-order valence-corrected chi connectivity index (χ1v) is 8.23. The minimum atomic E-state index is 0.0964. The molecule has 0 aromatic rings. The van der Waals surface area contributed by atoms with Crippen LogP contribution in [0.1, 0.15) is 51.4 Å². The molecule has 1 atom stereocenters. The van der Waals surface area contributed by atoms with Crippen molar-refractivity contribution in [1.29, 1.82) is 0 Å². The molecule has 1 unspecified atom stereocenters. The van der Waals surface area contributed by atoms with E-state index in [9.17, 15) is 0 Å². The molecule has 0 aromatic heterocycles. The fourth-order valence-electron chi connectivity index (χ4n) is 3.95. The number of aliphatic hydroxyl groups is 1. The van der Waals surface area contributed by atoms with E-state index in [2.05, 4.69) is 17.5 Å². The van der Waals surface area contributed by atoms with Crippen LogP contribution < -0.4 is 5.32 Å². The highest BCUT2D eigenvalue weighted by atomic mass is 16.5. The molecule has 1 aliphatic carbocycles. The Bertz CT molecular complexity index is 394. The fourth-order valence-corrected chi connectivity index (χ4v) is 3.95.